The third kappa shape index (κ3) is 2.06. The molecule has 16 heavy (non-hydrogen) atoms. The van der Waals surface area contributed by atoms with Gasteiger partial charge in [0.15, 0.2) is 11.6 Å². The topological polar surface area (TPSA) is 85.7 Å². The predicted molar refractivity (Wildman–Crippen MR) is 57.5 cm³/mol. The molecule has 1 atom stereocenters. The van der Waals surface area contributed by atoms with Gasteiger partial charge in [0.2, 0.25) is 0 Å². The average molecular weight is 223 g/mol. The number of nitrogens with zero attached hydrogens (tertiary/aromatic N) is 2. The van der Waals surface area contributed by atoms with Crippen molar-refractivity contribution in [3.63, 3.8) is 0 Å². The van der Waals surface area contributed by atoms with E-state index in [1.165, 1.54) is 0 Å². The van der Waals surface area contributed by atoms with Gasteiger partial charge >= 0.3 is 5.97 Å². The fraction of sp³-hybridized carbons (Fsp3) is 0.400. The number of carboxylic acid groups (broad SMARTS) is 1. The third-order valence-electron chi connectivity index (χ3n) is 2.54. The van der Waals surface area contributed by atoms with E-state index in [0.717, 1.165) is 0 Å². The maximum Gasteiger partial charge on any atom is 0.322 e. The number of aliphatic carboxylic acids is 1. The molecule has 1 aliphatic heterocycles. The second kappa shape index (κ2) is 4.36. The van der Waals surface area contributed by atoms with E-state index in [2.05, 4.69) is 10.3 Å². The van der Waals surface area contributed by atoms with Gasteiger partial charge in [0.25, 0.3) is 0 Å². The lowest BCUT2D eigenvalue weighted by atomic mass is 10.2. The van der Waals surface area contributed by atoms with E-state index in [1.807, 2.05) is 0 Å². The summed E-state index contributed by atoms with van der Waals surface area (Å²) in [5, 5.41) is 21.4. The monoisotopic (exact) mass is 223 g/mol. The SMILES string of the molecule is O=C(O)[C@H]1CN(c2ncccc2O)CCN1. The van der Waals surface area contributed by atoms with E-state index in [1.54, 1.807) is 23.2 Å². The van der Waals surface area contributed by atoms with Gasteiger partial charge in [-0.25, -0.2) is 4.98 Å². The number of carbonyl (C=O) groups is 1. The molecule has 1 aliphatic rings. The second-order valence-electron chi connectivity index (χ2n) is 3.64. The smallest absolute Gasteiger partial charge is 0.322 e. The lowest BCUT2D eigenvalue weighted by Gasteiger charge is -2.32. The Kier molecular flexibility index (Phi) is 2.91. The minimum absolute atomic E-state index is 0.0774. The molecule has 0 radical (unpaired) electrons. The zero-order valence-corrected chi connectivity index (χ0v) is 8.63. The van der Waals surface area contributed by atoms with Gasteiger partial charge in [-0.05, 0) is 12.1 Å². The number of aromatic hydroxyl groups is 1. The van der Waals surface area contributed by atoms with Gasteiger partial charge in [0, 0.05) is 25.8 Å². The van der Waals surface area contributed by atoms with E-state index in [0.29, 0.717) is 25.5 Å². The van der Waals surface area contributed by atoms with Crippen LogP contribution in [0.2, 0.25) is 0 Å². The van der Waals surface area contributed by atoms with Crippen LogP contribution < -0.4 is 10.2 Å². The molecular weight excluding hydrogens is 210 g/mol. The van der Waals surface area contributed by atoms with Crippen LogP contribution in [-0.4, -0.2) is 46.8 Å². The van der Waals surface area contributed by atoms with Crippen molar-refractivity contribution in [1.29, 1.82) is 0 Å². The Morgan fingerprint density at radius 3 is 3.12 bits per heavy atom. The van der Waals surface area contributed by atoms with Crippen LogP contribution in [0, 0.1) is 0 Å². The van der Waals surface area contributed by atoms with Crippen LogP contribution in [0.5, 0.6) is 5.75 Å². The highest BCUT2D eigenvalue weighted by Crippen LogP contribution is 2.24. The molecule has 1 aromatic heterocycles. The lowest BCUT2D eigenvalue weighted by molar-refractivity contribution is -0.139. The molecule has 1 aromatic rings. The first kappa shape index (κ1) is 10.7. The molecule has 0 amide bonds. The molecule has 0 aliphatic carbocycles. The number of hydrogen-bond acceptors (Lipinski definition) is 5. The van der Waals surface area contributed by atoms with Crippen molar-refractivity contribution in [2.75, 3.05) is 24.5 Å². The molecular formula is C10H13N3O3. The standard InChI is InChI=1S/C10H13N3O3/c14-8-2-1-3-12-9(8)13-5-4-11-7(6-13)10(15)16/h1-3,7,11,14H,4-6H2,(H,15,16)/t7-/m1/s1. The van der Waals surface area contributed by atoms with E-state index >= 15 is 0 Å². The first-order chi connectivity index (χ1) is 7.68. The molecule has 0 aromatic carbocycles. The molecule has 2 heterocycles. The number of pyridine rings is 1. The summed E-state index contributed by atoms with van der Waals surface area (Å²) in [6.07, 6.45) is 1.58. The van der Waals surface area contributed by atoms with Crippen LogP contribution in [0.25, 0.3) is 0 Å². The molecule has 3 N–H and O–H groups in total. The number of carboxylic acids is 1. The van der Waals surface area contributed by atoms with Crippen LogP contribution in [0.15, 0.2) is 18.3 Å². The number of anilines is 1. The minimum atomic E-state index is -0.889. The number of hydrogen-bond donors (Lipinski definition) is 3. The zero-order valence-electron chi connectivity index (χ0n) is 8.63. The zero-order chi connectivity index (χ0) is 11.5. The van der Waals surface area contributed by atoms with Gasteiger partial charge in [0.1, 0.15) is 6.04 Å². The van der Waals surface area contributed by atoms with Crippen molar-refractivity contribution in [2.24, 2.45) is 0 Å². The summed E-state index contributed by atoms with van der Waals surface area (Å²) in [5.74, 6) is -0.371. The molecule has 0 spiro atoms. The van der Waals surface area contributed by atoms with E-state index in [9.17, 15) is 9.90 Å². The Morgan fingerprint density at radius 2 is 2.44 bits per heavy atom. The quantitative estimate of drug-likeness (QED) is 0.635. The normalized spacial score (nSPS) is 20.8. The fourth-order valence-electron chi connectivity index (χ4n) is 1.74. The number of rotatable bonds is 2. The van der Waals surface area contributed by atoms with Crippen LogP contribution in [0.3, 0.4) is 0 Å². The van der Waals surface area contributed by atoms with Gasteiger partial charge in [-0.15, -0.1) is 0 Å². The number of aromatic nitrogens is 1. The first-order valence-electron chi connectivity index (χ1n) is 5.03. The Bertz CT molecular complexity index is 397. The minimum Gasteiger partial charge on any atom is -0.504 e. The van der Waals surface area contributed by atoms with Crippen molar-refractivity contribution in [3.05, 3.63) is 18.3 Å². The summed E-state index contributed by atoms with van der Waals surface area (Å²) in [6, 6.07) is 2.56. The van der Waals surface area contributed by atoms with E-state index in [4.69, 9.17) is 5.11 Å². The second-order valence-corrected chi connectivity index (χ2v) is 3.64. The Balaban J connectivity index is 2.16. The van der Waals surface area contributed by atoms with E-state index in [-0.39, 0.29) is 5.75 Å². The molecule has 1 fully saturated rings. The van der Waals surface area contributed by atoms with Gasteiger partial charge in [-0.3, -0.25) is 4.79 Å². The molecule has 2 rings (SSSR count). The highest BCUT2D eigenvalue weighted by Gasteiger charge is 2.26. The van der Waals surface area contributed by atoms with Crippen LogP contribution in [0.1, 0.15) is 0 Å². The van der Waals surface area contributed by atoms with Crippen molar-refractivity contribution in [2.45, 2.75) is 6.04 Å². The van der Waals surface area contributed by atoms with Crippen LogP contribution in [-0.2, 0) is 4.79 Å². The summed E-state index contributed by atoms with van der Waals surface area (Å²) >= 11 is 0. The summed E-state index contributed by atoms with van der Waals surface area (Å²) in [6.45, 7) is 1.50. The lowest BCUT2D eigenvalue weighted by Crippen LogP contribution is -2.54. The Hall–Kier alpha value is -1.82. The maximum atomic E-state index is 10.8. The van der Waals surface area contributed by atoms with Gasteiger partial charge in [-0.1, -0.05) is 0 Å². The predicted octanol–water partition coefficient (Wildman–Crippen LogP) is -0.350. The van der Waals surface area contributed by atoms with Gasteiger partial charge in [-0.2, -0.15) is 0 Å². The molecule has 0 saturated carbocycles. The summed E-state index contributed by atoms with van der Waals surface area (Å²) in [4.78, 5) is 16.7. The van der Waals surface area contributed by atoms with Crippen molar-refractivity contribution < 1.29 is 15.0 Å². The third-order valence-corrected chi connectivity index (χ3v) is 2.54. The molecule has 0 unspecified atom stereocenters. The summed E-state index contributed by atoms with van der Waals surface area (Å²) < 4.78 is 0. The van der Waals surface area contributed by atoms with Crippen molar-refractivity contribution in [1.82, 2.24) is 10.3 Å². The van der Waals surface area contributed by atoms with Crippen LogP contribution in [0.4, 0.5) is 5.82 Å². The highest BCUT2D eigenvalue weighted by molar-refractivity contribution is 5.75. The number of piperazine rings is 1. The van der Waals surface area contributed by atoms with Gasteiger partial charge < -0.3 is 20.4 Å². The summed E-state index contributed by atoms with van der Waals surface area (Å²) in [5.41, 5.74) is 0. The molecule has 0 bridgehead atoms. The Labute approximate surface area is 92.5 Å². The Morgan fingerprint density at radius 1 is 1.62 bits per heavy atom. The summed E-state index contributed by atoms with van der Waals surface area (Å²) in [7, 11) is 0. The largest absolute Gasteiger partial charge is 0.504 e. The molecule has 1 saturated heterocycles. The molecule has 6 nitrogen and oxygen atoms in total. The van der Waals surface area contributed by atoms with Crippen molar-refractivity contribution >= 4 is 11.8 Å². The number of nitrogens with one attached hydrogen (secondary N) is 1. The highest BCUT2D eigenvalue weighted by atomic mass is 16.4. The van der Waals surface area contributed by atoms with Gasteiger partial charge in [0.05, 0.1) is 0 Å². The molecule has 86 valence electrons. The van der Waals surface area contributed by atoms with E-state index < -0.39 is 12.0 Å². The average Bonchev–Trinajstić information content (AvgIpc) is 2.30. The fourth-order valence-corrected chi connectivity index (χ4v) is 1.74. The molecule has 6 heteroatoms. The van der Waals surface area contributed by atoms with Crippen molar-refractivity contribution in [3.8, 4) is 5.75 Å². The maximum absolute atomic E-state index is 10.8. The van der Waals surface area contributed by atoms with Crippen LogP contribution >= 0.6 is 0 Å². The first-order valence-corrected chi connectivity index (χ1v) is 5.03.